The summed E-state index contributed by atoms with van der Waals surface area (Å²) < 4.78 is 0. The summed E-state index contributed by atoms with van der Waals surface area (Å²) in [6, 6.07) is 2.69. The van der Waals surface area contributed by atoms with Gasteiger partial charge in [-0.15, -0.1) is 0 Å². The summed E-state index contributed by atoms with van der Waals surface area (Å²) in [5.74, 6) is 0.454. The Balaban J connectivity index is 2.07. The van der Waals surface area contributed by atoms with E-state index in [1.54, 1.807) is 0 Å². The molecule has 1 fully saturated rings. The van der Waals surface area contributed by atoms with E-state index in [0.717, 1.165) is 32.1 Å². The van der Waals surface area contributed by atoms with Gasteiger partial charge in [0.15, 0.2) is 0 Å². The highest BCUT2D eigenvalue weighted by atomic mass is 16.6. The molecule has 0 amide bonds. The number of pyridine rings is 1. The number of nitro groups is 1. The second-order valence-electron chi connectivity index (χ2n) is 4.61. The molecule has 2 rings (SSSR count). The maximum Gasteiger partial charge on any atom is 0.274 e. The van der Waals surface area contributed by atoms with Gasteiger partial charge in [-0.3, -0.25) is 10.1 Å². The van der Waals surface area contributed by atoms with Crippen LogP contribution in [0.4, 0.5) is 11.5 Å². The molecule has 2 atom stereocenters. The second-order valence-corrected chi connectivity index (χ2v) is 4.61. The monoisotopic (exact) mass is 251 g/mol. The zero-order chi connectivity index (χ0) is 13.0. The molecule has 0 saturated heterocycles. The fraction of sp³-hybridized carbons (Fsp3) is 0.583. The van der Waals surface area contributed by atoms with E-state index < -0.39 is 11.0 Å². The summed E-state index contributed by atoms with van der Waals surface area (Å²) in [6.07, 6.45) is 5.85. The molecule has 1 heterocycles. The number of aliphatic hydroxyl groups excluding tert-OH is 1. The van der Waals surface area contributed by atoms with Crippen molar-refractivity contribution in [2.75, 3.05) is 5.32 Å². The lowest BCUT2D eigenvalue weighted by atomic mass is 10.1. The SMILES string of the molecule is O=[N+]([O-])c1ccnc(NC2CCCCCC2O)c1. The van der Waals surface area contributed by atoms with E-state index in [4.69, 9.17) is 0 Å². The molecule has 18 heavy (non-hydrogen) atoms. The van der Waals surface area contributed by atoms with Gasteiger partial charge in [0.25, 0.3) is 5.69 Å². The first-order valence-corrected chi connectivity index (χ1v) is 6.22. The molecule has 2 N–H and O–H groups in total. The van der Waals surface area contributed by atoms with E-state index >= 15 is 0 Å². The summed E-state index contributed by atoms with van der Waals surface area (Å²) in [7, 11) is 0. The predicted molar refractivity (Wildman–Crippen MR) is 67.4 cm³/mol. The van der Waals surface area contributed by atoms with Gasteiger partial charge in [-0.2, -0.15) is 0 Å². The molecular weight excluding hydrogens is 234 g/mol. The molecule has 1 aliphatic rings. The van der Waals surface area contributed by atoms with E-state index in [1.807, 2.05) is 0 Å². The quantitative estimate of drug-likeness (QED) is 0.488. The van der Waals surface area contributed by atoms with Crippen LogP contribution in [-0.2, 0) is 0 Å². The zero-order valence-electron chi connectivity index (χ0n) is 10.1. The molecule has 6 nitrogen and oxygen atoms in total. The average Bonchev–Trinajstić information content (AvgIpc) is 2.55. The molecule has 1 aliphatic carbocycles. The Morgan fingerprint density at radius 1 is 1.39 bits per heavy atom. The van der Waals surface area contributed by atoms with Gasteiger partial charge in [-0.05, 0) is 12.8 Å². The van der Waals surface area contributed by atoms with Crippen molar-refractivity contribution >= 4 is 11.5 Å². The molecule has 0 spiro atoms. The number of rotatable bonds is 3. The van der Waals surface area contributed by atoms with Gasteiger partial charge in [-0.1, -0.05) is 19.3 Å². The Bertz CT molecular complexity index is 425. The minimum absolute atomic E-state index is 0.00983. The predicted octanol–water partition coefficient (Wildman–Crippen LogP) is 2.10. The van der Waals surface area contributed by atoms with Crippen LogP contribution in [0.15, 0.2) is 18.3 Å². The van der Waals surface area contributed by atoms with E-state index in [0.29, 0.717) is 5.82 Å². The van der Waals surface area contributed by atoms with E-state index in [2.05, 4.69) is 10.3 Å². The van der Waals surface area contributed by atoms with Crippen molar-refractivity contribution in [2.24, 2.45) is 0 Å². The smallest absolute Gasteiger partial charge is 0.274 e. The largest absolute Gasteiger partial charge is 0.391 e. The molecule has 1 saturated carbocycles. The normalized spacial score (nSPS) is 24.3. The Hall–Kier alpha value is -1.69. The second kappa shape index (κ2) is 5.77. The number of nitrogens with zero attached hydrogens (tertiary/aromatic N) is 2. The Morgan fingerprint density at radius 2 is 2.17 bits per heavy atom. The number of aliphatic hydroxyl groups is 1. The third-order valence-electron chi connectivity index (χ3n) is 3.27. The minimum atomic E-state index is -0.448. The van der Waals surface area contributed by atoms with E-state index in [1.165, 1.54) is 18.3 Å². The van der Waals surface area contributed by atoms with Crippen LogP contribution in [-0.4, -0.2) is 27.2 Å². The van der Waals surface area contributed by atoms with Crippen molar-refractivity contribution in [3.8, 4) is 0 Å². The van der Waals surface area contributed by atoms with Gasteiger partial charge in [0.05, 0.1) is 23.1 Å². The van der Waals surface area contributed by atoms with Crippen LogP contribution in [0.25, 0.3) is 0 Å². The van der Waals surface area contributed by atoms with Gasteiger partial charge in [-0.25, -0.2) is 4.98 Å². The zero-order valence-corrected chi connectivity index (χ0v) is 10.1. The molecule has 1 aromatic rings. The summed E-state index contributed by atoms with van der Waals surface area (Å²) in [6.45, 7) is 0. The van der Waals surface area contributed by atoms with Crippen molar-refractivity contribution in [1.82, 2.24) is 4.98 Å². The Kier molecular flexibility index (Phi) is 4.09. The summed E-state index contributed by atoms with van der Waals surface area (Å²) in [4.78, 5) is 14.3. The highest BCUT2D eigenvalue weighted by molar-refractivity contribution is 5.45. The first-order chi connectivity index (χ1) is 8.66. The van der Waals surface area contributed by atoms with Gasteiger partial charge >= 0.3 is 0 Å². The Morgan fingerprint density at radius 3 is 2.94 bits per heavy atom. The fourth-order valence-corrected chi connectivity index (χ4v) is 2.26. The summed E-state index contributed by atoms with van der Waals surface area (Å²) >= 11 is 0. The number of anilines is 1. The lowest BCUT2D eigenvalue weighted by molar-refractivity contribution is -0.384. The van der Waals surface area contributed by atoms with Crippen molar-refractivity contribution in [3.63, 3.8) is 0 Å². The van der Waals surface area contributed by atoms with Crippen molar-refractivity contribution < 1.29 is 10.0 Å². The highest BCUT2D eigenvalue weighted by Gasteiger charge is 2.22. The third kappa shape index (κ3) is 3.16. The fourth-order valence-electron chi connectivity index (χ4n) is 2.26. The molecular formula is C12H17N3O3. The molecule has 0 aromatic carbocycles. The van der Waals surface area contributed by atoms with Crippen molar-refractivity contribution in [3.05, 3.63) is 28.4 Å². The van der Waals surface area contributed by atoms with E-state index in [-0.39, 0.29) is 11.7 Å². The van der Waals surface area contributed by atoms with Crippen LogP contribution in [0, 0.1) is 10.1 Å². The standard InChI is InChI=1S/C12H17N3O3/c16-11-5-3-1-2-4-10(11)14-12-8-9(15(17)18)6-7-13-12/h6-8,10-11,16H,1-5H2,(H,13,14). The molecule has 2 unspecified atom stereocenters. The minimum Gasteiger partial charge on any atom is -0.391 e. The van der Waals surface area contributed by atoms with Gasteiger partial charge < -0.3 is 10.4 Å². The van der Waals surface area contributed by atoms with Gasteiger partial charge in [0.1, 0.15) is 5.82 Å². The van der Waals surface area contributed by atoms with Crippen LogP contribution in [0.2, 0.25) is 0 Å². The first kappa shape index (κ1) is 12.8. The van der Waals surface area contributed by atoms with Crippen LogP contribution >= 0.6 is 0 Å². The molecule has 0 bridgehead atoms. The molecule has 98 valence electrons. The number of hydrogen-bond acceptors (Lipinski definition) is 5. The number of hydrogen-bond donors (Lipinski definition) is 2. The number of aromatic nitrogens is 1. The van der Waals surface area contributed by atoms with Crippen molar-refractivity contribution in [1.29, 1.82) is 0 Å². The Labute approximate surface area is 105 Å². The lowest BCUT2D eigenvalue weighted by Crippen LogP contribution is -2.32. The van der Waals surface area contributed by atoms with Crippen LogP contribution in [0.1, 0.15) is 32.1 Å². The molecule has 0 aliphatic heterocycles. The van der Waals surface area contributed by atoms with Gasteiger partial charge in [0.2, 0.25) is 0 Å². The summed E-state index contributed by atoms with van der Waals surface area (Å²) in [5, 5.41) is 23.7. The van der Waals surface area contributed by atoms with Crippen LogP contribution in [0.5, 0.6) is 0 Å². The third-order valence-corrected chi connectivity index (χ3v) is 3.27. The van der Waals surface area contributed by atoms with E-state index in [9.17, 15) is 15.2 Å². The van der Waals surface area contributed by atoms with Crippen LogP contribution < -0.4 is 5.32 Å². The average molecular weight is 251 g/mol. The van der Waals surface area contributed by atoms with Crippen LogP contribution in [0.3, 0.4) is 0 Å². The maximum atomic E-state index is 10.7. The van der Waals surface area contributed by atoms with Crippen molar-refractivity contribution in [2.45, 2.75) is 44.2 Å². The maximum absolute atomic E-state index is 10.7. The number of nitrogens with one attached hydrogen (secondary N) is 1. The first-order valence-electron chi connectivity index (χ1n) is 6.22. The topological polar surface area (TPSA) is 88.3 Å². The molecule has 1 aromatic heterocycles. The van der Waals surface area contributed by atoms with Gasteiger partial charge in [0, 0.05) is 12.3 Å². The molecule has 6 heteroatoms. The highest BCUT2D eigenvalue weighted by Crippen LogP contribution is 2.22. The molecule has 0 radical (unpaired) electrons. The summed E-state index contributed by atoms with van der Waals surface area (Å²) in [5.41, 5.74) is 0.00983. The lowest BCUT2D eigenvalue weighted by Gasteiger charge is -2.22.